The first-order valence-electron chi connectivity index (χ1n) is 13.8. The van der Waals surface area contributed by atoms with Gasteiger partial charge in [-0.05, 0) is 66.7 Å². The molecule has 204 valence electrons. The number of fused-ring (bicyclic) bond motifs is 3. The number of nitrogens with one attached hydrogen (secondary N) is 2. The Morgan fingerprint density at radius 1 is 1.05 bits per heavy atom. The van der Waals surface area contributed by atoms with Crippen LogP contribution in [0.5, 0.6) is 0 Å². The van der Waals surface area contributed by atoms with E-state index in [2.05, 4.69) is 61.2 Å². The summed E-state index contributed by atoms with van der Waals surface area (Å²) in [5, 5.41) is 4.45. The average molecular weight is 555 g/mol. The molecule has 0 bridgehead atoms. The number of alkyl halides is 1. The molecule has 0 spiro atoms. The van der Waals surface area contributed by atoms with Crippen LogP contribution >= 0.6 is 18.5 Å². The van der Waals surface area contributed by atoms with Crippen molar-refractivity contribution in [2.45, 2.75) is 81.8 Å². The first-order valence-corrected chi connectivity index (χ1v) is 15.0. The molecule has 0 saturated carbocycles. The molecule has 4 nitrogen and oxygen atoms in total. The monoisotopic (exact) mass is 554 g/mol. The molecule has 2 aliphatic rings. The highest BCUT2D eigenvalue weighted by molar-refractivity contribution is 7.39. The van der Waals surface area contributed by atoms with Crippen LogP contribution in [0.1, 0.15) is 76.3 Å². The van der Waals surface area contributed by atoms with Crippen LogP contribution in [0.25, 0.3) is 11.1 Å². The summed E-state index contributed by atoms with van der Waals surface area (Å²) in [7, 11) is 4.27. The highest BCUT2D eigenvalue weighted by atomic mass is 31.1. The summed E-state index contributed by atoms with van der Waals surface area (Å²) in [4.78, 5) is 26.1. The van der Waals surface area contributed by atoms with Gasteiger partial charge in [0.15, 0.2) is 5.15 Å². The normalized spacial score (nSPS) is 17.6. The third-order valence-corrected chi connectivity index (χ3v) is 8.19. The second-order valence-electron chi connectivity index (χ2n) is 11.3. The first kappa shape index (κ1) is 28.9. The Balaban J connectivity index is 1.42. The molecule has 2 aromatic carbocycles. The summed E-state index contributed by atoms with van der Waals surface area (Å²) in [5.74, 6) is 0.535. The smallest absolute Gasteiger partial charge is 0.235 e. The van der Waals surface area contributed by atoms with Crippen LogP contribution in [0.15, 0.2) is 60.2 Å². The van der Waals surface area contributed by atoms with Crippen molar-refractivity contribution in [2.75, 3.05) is 6.54 Å². The molecule has 4 rings (SSSR count). The number of benzene rings is 2. The van der Waals surface area contributed by atoms with Gasteiger partial charge in [0, 0.05) is 12.5 Å². The minimum absolute atomic E-state index is 0.0928. The lowest BCUT2D eigenvalue weighted by molar-refractivity contribution is -0.125. The lowest BCUT2D eigenvalue weighted by Crippen LogP contribution is -2.46. The van der Waals surface area contributed by atoms with Gasteiger partial charge in [-0.2, -0.15) is 0 Å². The van der Waals surface area contributed by atoms with E-state index in [1.807, 2.05) is 36.4 Å². The Bertz CT molecular complexity index is 1140. The van der Waals surface area contributed by atoms with Gasteiger partial charge in [-0.1, -0.05) is 98.9 Å². The molecule has 2 aromatic rings. The van der Waals surface area contributed by atoms with Crippen molar-refractivity contribution in [1.82, 2.24) is 10.6 Å². The molecule has 2 N–H and O–H groups in total. The van der Waals surface area contributed by atoms with Crippen molar-refractivity contribution in [3.05, 3.63) is 71.3 Å². The fraction of sp³-hybridized carbons (Fsp3) is 0.484. The van der Waals surface area contributed by atoms with E-state index in [0.29, 0.717) is 18.8 Å². The summed E-state index contributed by atoms with van der Waals surface area (Å²) >= 11 is 0. The Labute approximate surface area is 231 Å². The SMILES string of the molecule is CC(C)CCC(=O)NC1CC=C(CCCCC2(C(=O)NCC(F)(P)P)c3ccccc3-c3ccccc32)C1. The lowest BCUT2D eigenvalue weighted by atomic mass is 9.73. The number of unbranched alkanes of at least 4 members (excludes halogenated alkanes) is 1. The van der Waals surface area contributed by atoms with Crippen molar-refractivity contribution >= 4 is 30.3 Å². The number of halogens is 1. The minimum atomic E-state index is -1.65. The Morgan fingerprint density at radius 2 is 1.68 bits per heavy atom. The number of carbonyl (C=O) groups excluding carboxylic acids is 2. The molecule has 2 amide bonds. The van der Waals surface area contributed by atoms with Crippen molar-refractivity contribution in [3.8, 4) is 11.1 Å². The van der Waals surface area contributed by atoms with E-state index >= 15 is 0 Å². The molecule has 38 heavy (non-hydrogen) atoms. The van der Waals surface area contributed by atoms with E-state index < -0.39 is 10.6 Å². The summed E-state index contributed by atoms with van der Waals surface area (Å²) in [5.41, 5.74) is 4.70. The molecule has 7 heteroatoms. The Kier molecular flexibility index (Phi) is 9.43. The van der Waals surface area contributed by atoms with Gasteiger partial charge in [-0.3, -0.25) is 9.59 Å². The van der Waals surface area contributed by atoms with Gasteiger partial charge in [0.2, 0.25) is 11.8 Å². The maximum atomic E-state index is 14.3. The van der Waals surface area contributed by atoms with Gasteiger partial charge in [0.05, 0.1) is 6.54 Å². The van der Waals surface area contributed by atoms with Gasteiger partial charge in [0.25, 0.3) is 0 Å². The zero-order valence-corrected chi connectivity index (χ0v) is 24.9. The van der Waals surface area contributed by atoms with Crippen molar-refractivity contribution in [3.63, 3.8) is 0 Å². The average Bonchev–Trinajstić information content (AvgIpc) is 3.44. The van der Waals surface area contributed by atoms with Gasteiger partial charge < -0.3 is 10.6 Å². The molecule has 0 aliphatic heterocycles. The largest absolute Gasteiger partial charge is 0.353 e. The van der Waals surface area contributed by atoms with Crippen LogP contribution in [-0.2, 0) is 15.0 Å². The van der Waals surface area contributed by atoms with Gasteiger partial charge in [0.1, 0.15) is 5.41 Å². The molecule has 0 saturated heterocycles. The predicted octanol–water partition coefficient (Wildman–Crippen LogP) is 6.64. The van der Waals surface area contributed by atoms with E-state index in [9.17, 15) is 14.0 Å². The van der Waals surface area contributed by atoms with Gasteiger partial charge in [-0.15, -0.1) is 0 Å². The van der Waals surface area contributed by atoms with E-state index in [0.717, 1.165) is 60.8 Å². The zero-order chi connectivity index (χ0) is 27.3. The fourth-order valence-corrected chi connectivity index (χ4v) is 6.09. The molecule has 0 aromatic heterocycles. The van der Waals surface area contributed by atoms with E-state index in [-0.39, 0.29) is 24.4 Å². The van der Waals surface area contributed by atoms with E-state index in [1.54, 1.807) is 0 Å². The van der Waals surface area contributed by atoms with Crippen LogP contribution in [0.3, 0.4) is 0 Å². The molecule has 0 fully saturated rings. The van der Waals surface area contributed by atoms with Gasteiger partial charge in [-0.25, -0.2) is 4.39 Å². The standard InChI is InChI=1S/C31H41FN2O2P2/c1-21(2)14-17-28(35)34-23-16-15-22(19-23)9-7-8-18-30(29(36)33-20-31(32,37)38)26-12-5-3-10-24(26)25-11-4-6-13-27(25)30/h3-6,10-13,15,21,23H,7-9,14,16-20,37-38H2,1-2H3,(H,33,36)(H,34,35). The van der Waals surface area contributed by atoms with Crippen LogP contribution in [0.2, 0.25) is 0 Å². The summed E-state index contributed by atoms with van der Waals surface area (Å²) in [6, 6.07) is 16.4. The maximum absolute atomic E-state index is 14.3. The summed E-state index contributed by atoms with van der Waals surface area (Å²) in [6.07, 6.45) is 9.02. The predicted molar refractivity (Wildman–Crippen MR) is 161 cm³/mol. The molecule has 3 unspecified atom stereocenters. The van der Waals surface area contributed by atoms with Gasteiger partial charge >= 0.3 is 0 Å². The zero-order valence-electron chi connectivity index (χ0n) is 22.6. The number of rotatable bonds is 12. The lowest BCUT2D eigenvalue weighted by Gasteiger charge is -2.32. The maximum Gasteiger partial charge on any atom is 0.235 e. The molecule has 0 heterocycles. The minimum Gasteiger partial charge on any atom is -0.353 e. The van der Waals surface area contributed by atoms with Crippen LogP contribution < -0.4 is 10.6 Å². The number of amides is 2. The number of carbonyl (C=O) groups is 2. The van der Waals surface area contributed by atoms with Crippen molar-refractivity contribution in [1.29, 1.82) is 0 Å². The fourth-order valence-electron chi connectivity index (χ4n) is 5.89. The number of hydrogen-bond acceptors (Lipinski definition) is 2. The third kappa shape index (κ3) is 6.72. The van der Waals surface area contributed by atoms with Crippen molar-refractivity contribution in [2.24, 2.45) is 5.92 Å². The molecular formula is C31H41FN2O2P2. The third-order valence-electron chi connectivity index (χ3n) is 7.78. The Hall–Kier alpha value is -2.09. The first-order chi connectivity index (χ1) is 18.1. The topological polar surface area (TPSA) is 58.2 Å². The summed E-state index contributed by atoms with van der Waals surface area (Å²) in [6.45, 7) is 4.18. The van der Waals surface area contributed by atoms with Crippen LogP contribution in [0, 0.1) is 5.92 Å². The van der Waals surface area contributed by atoms with E-state index in [4.69, 9.17) is 0 Å². The van der Waals surface area contributed by atoms with E-state index in [1.165, 1.54) is 5.57 Å². The molecular weight excluding hydrogens is 513 g/mol. The summed E-state index contributed by atoms with van der Waals surface area (Å²) < 4.78 is 14.3. The Morgan fingerprint density at radius 3 is 2.29 bits per heavy atom. The second-order valence-corrected chi connectivity index (χ2v) is 13.9. The highest BCUT2D eigenvalue weighted by Gasteiger charge is 2.48. The van der Waals surface area contributed by atoms with Crippen LogP contribution in [0.4, 0.5) is 4.39 Å². The quantitative estimate of drug-likeness (QED) is 0.176. The van der Waals surface area contributed by atoms with Crippen LogP contribution in [-0.4, -0.2) is 29.6 Å². The van der Waals surface area contributed by atoms with Crippen molar-refractivity contribution < 1.29 is 14.0 Å². The number of hydrogen-bond donors (Lipinski definition) is 2. The molecule has 0 radical (unpaired) electrons. The highest BCUT2D eigenvalue weighted by Crippen LogP contribution is 2.51. The second kappa shape index (κ2) is 12.4. The molecule has 3 atom stereocenters. The molecule has 2 aliphatic carbocycles.